The molecule has 4 heteroatoms. The van der Waals surface area contributed by atoms with Crippen LogP contribution in [-0.2, 0) is 9.31 Å². The summed E-state index contributed by atoms with van der Waals surface area (Å²) in [5.74, 6) is -0.916. The van der Waals surface area contributed by atoms with Gasteiger partial charge in [0.25, 0.3) is 0 Å². The molecule has 1 unspecified atom stereocenters. The first-order chi connectivity index (χ1) is 5.26. The Morgan fingerprint density at radius 3 is 1.83 bits per heavy atom. The first-order valence-electron chi connectivity index (χ1n) is 4.34. The lowest BCUT2D eigenvalue weighted by atomic mass is 9.75. The van der Waals surface area contributed by atoms with E-state index in [1.807, 2.05) is 27.7 Å². The van der Waals surface area contributed by atoms with Crippen molar-refractivity contribution in [2.24, 2.45) is 0 Å². The Labute approximate surface area is 74.2 Å². The molecule has 0 spiro atoms. The molecule has 1 heterocycles. The molecule has 12 heavy (non-hydrogen) atoms. The standard InChI is InChI=1S/C8H17BO3/c1-6(2)9-11-7(3,4)8(5,10)12-9/h6,10H,1-5H3. The second kappa shape index (κ2) is 2.72. The molecule has 0 aliphatic carbocycles. The third kappa shape index (κ3) is 1.51. The molecule has 1 atom stereocenters. The van der Waals surface area contributed by atoms with E-state index in [0.29, 0.717) is 0 Å². The van der Waals surface area contributed by atoms with Gasteiger partial charge in [0, 0.05) is 0 Å². The van der Waals surface area contributed by atoms with Crippen LogP contribution in [-0.4, -0.2) is 23.6 Å². The van der Waals surface area contributed by atoms with E-state index >= 15 is 0 Å². The summed E-state index contributed by atoms with van der Waals surface area (Å²) in [6.45, 7) is 9.30. The average molecular weight is 172 g/mol. The van der Waals surface area contributed by atoms with Crippen LogP contribution >= 0.6 is 0 Å². The minimum absolute atomic E-state index is 0.262. The van der Waals surface area contributed by atoms with Crippen molar-refractivity contribution in [3.05, 3.63) is 0 Å². The van der Waals surface area contributed by atoms with Crippen molar-refractivity contribution >= 4 is 7.12 Å². The Kier molecular flexibility index (Phi) is 2.27. The first-order valence-corrected chi connectivity index (χ1v) is 4.34. The first kappa shape index (κ1) is 10.0. The highest BCUT2D eigenvalue weighted by atomic mass is 16.7. The predicted molar refractivity (Wildman–Crippen MR) is 47.7 cm³/mol. The molecule has 0 saturated carbocycles. The van der Waals surface area contributed by atoms with E-state index in [1.165, 1.54) is 0 Å². The van der Waals surface area contributed by atoms with Gasteiger partial charge in [-0.25, -0.2) is 0 Å². The van der Waals surface area contributed by atoms with Crippen molar-refractivity contribution in [3.63, 3.8) is 0 Å². The number of aliphatic hydroxyl groups is 1. The fourth-order valence-corrected chi connectivity index (χ4v) is 1.06. The molecular weight excluding hydrogens is 155 g/mol. The van der Waals surface area contributed by atoms with Crippen molar-refractivity contribution < 1.29 is 14.4 Å². The van der Waals surface area contributed by atoms with Crippen LogP contribution in [0.3, 0.4) is 0 Å². The maximum absolute atomic E-state index is 9.79. The van der Waals surface area contributed by atoms with Gasteiger partial charge in [0.15, 0.2) is 5.79 Å². The van der Waals surface area contributed by atoms with Crippen molar-refractivity contribution in [1.82, 2.24) is 0 Å². The monoisotopic (exact) mass is 172 g/mol. The minimum Gasteiger partial charge on any atom is -0.400 e. The lowest BCUT2D eigenvalue weighted by molar-refractivity contribution is -0.176. The molecule has 0 aromatic rings. The normalized spacial score (nSPS) is 34.8. The maximum Gasteiger partial charge on any atom is 0.462 e. The molecule has 1 saturated heterocycles. The minimum atomic E-state index is -1.18. The molecule has 0 radical (unpaired) electrons. The van der Waals surface area contributed by atoms with Crippen molar-refractivity contribution in [3.8, 4) is 0 Å². The molecule has 1 fully saturated rings. The molecule has 70 valence electrons. The molecule has 1 rings (SSSR count). The zero-order chi connectivity index (χ0) is 9.57. The summed E-state index contributed by atoms with van der Waals surface area (Å²) in [6, 6.07) is 0. The van der Waals surface area contributed by atoms with Gasteiger partial charge in [-0.05, 0) is 26.6 Å². The molecule has 1 N–H and O–H groups in total. The molecule has 3 nitrogen and oxygen atoms in total. The van der Waals surface area contributed by atoms with Crippen molar-refractivity contribution in [2.45, 2.75) is 51.8 Å². The maximum atomic E-state index is 9.79. The van der Waals surface area contributed by atoms with Gasteiger partial charge < -0.3 is 14.4 Å². The third-order valence-electron chi connectivity index (χ3n) is 2.42. The summed E-state index contributed by atoms with van der Waals surface area (Å²) < 4.78 is 10.9. The summed E-state index contributed by atoms with van der Waals surface area (Å²) in [4.78, 5) is 0. The molecular formula is C8H17BO3. The summed E-state index contributed by atoms with van der Waals surface area (Å²) in [5, 5.41) is 9.79. The van der Waals surface area contributed by atoms with Crippen LogP contribution in [0.4, 0.5) is 0 Å². The lowest BCUT2D eigenvalue weighted by Crippen LogP contribution is -2.44. The Hall–Kier alpha value is -0.0551. The smallest absolute Gasteiger partial charge is 0.400 e. The van der Waals surface area contributed by atoms with Crippen LogP contribution in [0, 0.1) is 0 Å². The SMILES string of the molecule is CC(C)B1OC(C)(C)C(C)(O)O1. The van der Waals surface area contributed by atoms with Crippen LogP contribution in [0.15, 0.2) is 0 Å². The molecule has 1 aliphatic heterocycles. The van der Waals surface area contributed by atoms with E-state index in [0.717, 1.165) is 0 Å². The Bertz CT molecular complexity index is 161. The predicted octanol–water partition coefficient (Wildman–Crippen LogP) is 1.42. The van der Waals surface area contributed by atoms with Gasteiger partial charge in [0.05, 0.1) is 0 Å². The molecule has 0 aromatic carbocycles. The lowest BCUT2D eigenvalue weighted by Gasteiger charge is -2.30. The Morgan fingerprint density at radius 2 is 1.67 bits per heavy atom. The second-order valence-corrected chi connectivity index (χ2v) is 4.34. The highest BCUT2D eigenvalue weighted by Gasteiger charge is 2.54. The van der Waals surface area contributed by atoms with E-state index < -0.39 is 11.4 Å². The highest BCUT2D eigenvalue weighted by molar-refractivity contribution is 6.47. The fourth-order valence-electron chi connectivity index (χ4n) is 1.06. The van der Waals surface area contributed by atoms with Gasteiger partial charge in [-0.15, -0.1) is 0 Å². The van der Waals surface area contributed by atoms with Gasteiger partial charge in [-0.3, -0.25) is 0 Å². The Morgan fingerprint density at radius 1 is 1.17 bits per heavy atom. The largest absolute Gasteiger partial charge is 0.462 e. The molecule has 0 amide bonds. The van der Waals surface area contributed by atoms with E-state index in [4.69, 9.17) is 9.31 Å². The van der Waals surface area contributed by atoms with Gasteiger partial charge in [-0.1, -0.05) is 13.8 Å². The van der Waals surface area contributed by atoms with E-state index in [9.17, 15) is 5.11 Å². The summed E-state index contributed by atoms with van der Waals surface area (Å²) in [7, 11) is -0.296. The van der Waals surface area contributed by atoms with E-state index in [2.05, 4.69) is 0 Å². The van der Waals surface area contributed by atoms with Crippen LogP contribution in [0.2, 0.25) is 5.82 Å². The highest BCUT2D eigenvalue weighted by Crippen LogP contribution is 2.37. The van der Waals surface area contributed by atoms with Gasteiger partial charge in [0.2, 0.25) is 0 Å². The molecule has 1 aliphatic rings. The van der Waals surface area contributed by atoms with Crippen molar-refractivity contribution in [1.29, 1.82) is 0 Å². The topological polar surface area (TPSA) is 38.7 Å². The third-order valence-corrected chi connectivity index (χ3v) is 2.42. The van der Waals surface area contributed by atoms with Crippen LogP contribution in [0.5, 0.6) is 0 Å². The fraction of sp³-hybridized carbons (Fsp3) is 1.00. The Balaban J connectivity index is 2.74. The summed E-state index contributed by atoms with van der Waals surface area (Å²) >= 11 is 0. The van der Waals surface area contributed by atoms with E-state index in [-0.39, 0.29) is 12.9 Å². The quantitative estimate of drug-likeness (QED) is 0.608. The van der Waals surface area contributed by atoms with Gasteiger partial charge in [-0.2, -0.15) is 0 Å². The molecule has 0 bridgehead atoms. The van der Waals surface area contributed by atoms with Gasteiger partial charge >= 0.3 is 7.12 Å². The van der Waals surface area contributed by atoms with E-state index in [1.54, 1.807) is 6.92 Å². The molecule has 0 aromatic heterocycles. The van der Waals surface area contributed by atoms with Gasteiger partial charge in [0.1, 0.15) is 5.60 Å². The van der Waals surface area contributed by atoms with Crippen LogP contribution in [0.1, 0.15) is 34.6 Å². The average Bonchev–Trinajstić information content (AvgIpc) is 2.03. The zero-order valence-electron chi connectivity index (χ0n) is 8.42. The number of rotatable bonds is 1. The van der Waals surface area contributed by atoms with Crippen LogP contribution < -0.4 is 0 Å². The number of hydrogen-bond donors (Lipinski definition) is 1. The summed E-state index contributed by atoms with van der Waals surface area (Å²) in [5.41, 5.74) is -0.623. The second-order valence-electron chi connectivity index (χ2n) is 4.34. The van der Waals surface area contributed by atoms with Crippen LogP contribution in [0.25, 0.3) is 0 Å². The van der Waals surface area contributed by atoms with Crippen molar-refractivity contribution in [2.75, 3.05) is 0 Å². The summed E-state index contributed by atoms with van der Waals surface area (Å²) in [6.07, 6.45) is 0. The zero-order valence-corrected chi connectivity index (χ0v) is 8.42. The number of hydrogen-bond acceptors (Lipinski definition) is 3.